The van der Waals surface area contributed by atoms with Crippen LogP contribution in [0.25, 0.3) is 0 Å². The molecule has 102 valence electrons. The van der Waals surface area contributed by atoms with Crippen molar-refractivity contribution in [2.24, 2.45) is 0 Å². The number of nitrogens with one attached hydrogen (secondary N) is 1. The zero-order valence-corrected chi connectivity index (χ0v) is 11.5. The van der Waals surface area contributed by atoms with Gasteiger partial charge in [0, 0.05) is 18.9 Å². The predicted octanol–water partition coefficient (Wildman–Crippen LogP) is 1.02. The maximum atomic E-state index is 12.3. The third kappa shape index (κ3) is 2.59. The molecule has 1 N–H and O–H groups in total. The number of carbonyl (C=O) groups excluding carboxylic acids is 2. The third-order valence-corrected chi connectivity index (χ3v) is 3.64. The summed E-state index contributed by atoms with van der Waals surface area (Å²) in [4.78, 5) is 29.9. The van der Waals surface area contributed by atoms with Crippen LogP contribution in [-0.2, 0) is 16.1 Å². The first-order valence-electron chi connectivity index (χ1n) is 6.55. The summed E-state index contributed by atoms with van der Waals surface area (Å²) in [5.74, 6) is -0.106. The van der Waals surface area contributed by atoms with Gasteiger partial charge in [0.15, 0.2) is 0 Å². The van der Waals surface area contributed by atoms with E-state index in [1.165, 1.54) is 0 Å². The lowest BCUT2D eigenvalue weighted by atomic mass is 10.0. The number of hydrogen-bond acceptors (Lipinski definition) is 3. The van der Waals surface area contributed by atoms with Gasteiger partial charge in [-0.2, -0.15) is 0 Å². The van der Waals surface area contributed by atoms with Crippen LogP contribution < -0.4 is 5.32 Å². The van der Waals surface area contributed by atoms with Crippen LogP contribution in [0.4, 0.5) is 0 Å². The molecule has 0 aliphatic carbocycles. The number of nitrogens with zero attached hydrogens (tertiary/aromatic N) is 2. The molecule has 2 unspecified atom stereocenters. The number of amides is 2. The first-order chi connectivity index (χ1) is 9.04. The van der Waals surface area contributed by atoms with Gasteiger partial charge < -0.3 is 10.2 Å². The topological polar surface area (TPSA) is 62.3 Å². The van der Waals surface area contributed by atoms with Crippen LogP contribution in [-0.4, -0.2) is 33.8 Å². The van der Waals surface area contributed by atoms with E-state index in [-0.39, 0.29) is 11.8 Å². The molecule has 1 saturated heterocycles. The second-order valence-electron chi connectivity index (χ2n) is 4.91. The van der Waals surface area contributed by atoms with E-state index in [2.05, 4.69) is 10.3 Å². The fourth-order valence-electron chi connectivity index (χ4n) is 2.22. The van der Waals surface area contributed by atoms with Crippen LogP contribution in [0.2, 0.25) is 0 Å². The molecule has 0 spiro atoms. The Morgan fingerprint density at radius 2 is 2.16 bits per heavy atom. The number of rotatable bonds is 3. The highest BCUT2D eigenvalue weighted by molar-refractivity contribution is 5.96. The number of aryl methyl sites for hydroxylation is 1. The minimum Gasteiger partial charge on any atom is -0.343 e. The normalized spacial score (nSPS) is 23.4. The van der Waals surface area contributed by atoms with Crippen molar-refractivity contribution in [2.75, 3.05) is 0 Å². The Labute approximate surface area is 113 Å². The molecule has 2 rings (SSSR count). The zero-order valence-electron chi connectivity index (χ0n) is 11.5. The third-order valence-electron chi connectivity index (χ3n) is 3.64. The van der Waals surface area contributed by atoms with Crippen molar-refractivity contribution in [3.63, 3.8) is 0 Å². The fourth-order valence-corrected chi connectivity index (χ4v) is 2.22. The Kier molecular flexibility index (Phi) is 3.83. The Hall–Kier alpha value is -1.91. The van der Waals surface area contributed by atoms with E-state index in [1.54, 1.807) is 24.2 Å². The Morgan fingerprint density at radius 3 is 2.79 bits per heavy atom. The van der Waals surface area contributed by atoms with E-state index in [0.717, 1.165) is 11.1 Å². The molecule has 1 fully saturated rings. The Balaban J connectivity index is 2.24. The molecule has 1 aliphatic heterocycles. The Bertz CT molecular complexity index is 501. The van der Waals surface area contributed by atoms with Gasteiger partial charge in [-0.1, -0.05) is 6.92 Å². The second-order valence-corrected chi connectivity index (χ2v) is 4.91. The largest absolute Gasteiger partial charge is 0.343 e. The molecule has 19 heavy (non-hydrogen) atoms. The molecule has 2 amide bonds. The van der Waals surface area contributed by atoms with Gasteiger partial charge >= 0.3 is 0 Å². The summed E-state index contributed by atoms with van der Waals surface area (Å²) in [6.45, 7) is 6.06. The SMILES string of the molecule is CCC1NC(=O)C(C)N(Cc2cnccc2C)C1=O. The monoisotopic (exact) mass is 261 g/mol. The van der Waals surface area contributed by atoms with Gasteiger partial charge in [-0.3, -0.25) is 14.6 Å². The number of aromatic nitrogens is 1. The summed E-state index contributed by atoms with van der Waals surface area (Å²) in [6.07, 6.45) is 4.09. The molecule has 1 aliphatic rings. The summed E-state index contributed by atoms with van der Waals surface area (Å²) in [5.41, 5.74) is 2.06. The lowest BCUT2D eigenvalue weighted by Gasteiger charge is -2.37. The average molecular weight is 261 g/mol. The highest BCUT2D eigenvalue weighted by atomic mass is 16.2. The second kappa shape index (κ2) is 5.38. The maximum Gasteiger partial charge on any atom is 0.246 e. The Morgan fingerprint density at radius 1 is 1.42 bits per heavy atom. The first-order valence-corrected chi connectivity index (χ1v) is 6.55. The fraction of sp³-hybridized carbons (Fsp3) is 0.500. The molecule has 2 heterocycles. The van der Waals surface area contributed by atoms with Crippen LogP contribution in [0.5, 0.6) is 0 Å². The van der Waals surface area contributed by atoms with Gasteiger partial charge in [-0.15, -0.1) is 0 Å². The number of piperazine rings is 1. The minimum absolute atomic E-state index is 0.0159. The highest BCUT2D eigenvalue weighted by Crippen LogP contribution is 2.17. The summed E-state index contributed by atoms with van der Waals surface area (Å²) >= 11 is 0. The predicted molar refractivity (Wildman–Crippen MR) is 71.2 cm³/mol. The molecule has 2 atom stereocenters. The maximum absolute atomic E-state index is 12.3. The van der Waals surface area contributed by atoms with Gasteiger partial charge in [0.2, 0.25) is 11.8 Å². The van der Waals surface area contributed by atoms with Gasteiger partial charge in [-0.25, -0.2) is 0 Å². The van der Waals surface area contributed by atoms with E-state index in [4.69, 9.17) is 0 Å². The standard InChI is InChI=1S/C14H19N3O2/c1-4-12-14(19)17(10(3)13(18)16-12)8-11-7-15-6-5-9(11)2/h5-7,10,12H,4,8H2,1-3H3,(H,16,18). The van der Waals surface area contributed by atoms with Gasteiger partial charge in [-0.05, 0) is 37.5 Å². The van der Waals surface area contributed by atoms with E-state index in [1.807, 2.05) is 19.9 Å². The number of carbonyl (C=O) groups is 2. The molecule has 0 radical (unpaired) electrons. The van der Waals surface area contributed by atoms with Crippen LogP contribution in [0.1, 0.15) is 31.4 Å². The summed E-state index contributed by atoms with van der Waals surface area (Å²) in [6, 6.07) is 1.07. The molecule has 1 aromatic rings. The van der Waals surface area contributed by atoms with Crippen molar-refractivity contribution in [1.82, 2.24) is 15.2 Å². The first kappa shape index (κ1) is 13.5. The number of pyridine rings is 1. The quantitative estimate of drug-likeness (QED) is 0.883. The smallest absolute Gasteiger partial charge is 0.246 e. The molecule has 5 heteroatoms. The van der Waals surface area contributed by atoms with Crippen molar-refractivity contribution in [3.8, 4) is 0 Å². The van der Waals surface area contributed by atoms with Gasteiger partial charge in [0.05, 0.1) is 0 Å². The van der Waals surface area contributed by atoms with Crippen molar-refractivity contribution in [2.45, 2.75) is 45.8 Å². The van der Waals surface area contributed by atoms with E-state index in [0.29, 0.717) is 13.0 Å². The lowest BCUT2D eigenvalue weighted by Crippen LogP contribution is -2.61. The van der Waals surface area contributed by atoms with Gasteiger partial charge in [0.25, 0.3) is 0 Å². The minimum atomic E-state index is -0.435. The molecular weight excluding hydrogens is 242 g/mol. The average Bonchev–Trinajstić information content (AvgIpc) is 2.41. The van der Waals surface area contributed by atoms with Crippen molar-refractivity contribution in [3.05, 3.63) is 29.6 Å². The molecular formula is C14H19N3O2. The summed E-state index contributed by atoms with van der Waals surface area (Å²) in [5, 5.41) is 2.75. The molecule has 1 aromatic heterocycles. The van der Waals surface area contributed by atoms with Gasteiger partial charge in [0.1, 0.15) is 12.1 Å². The summed E-state index contributed by atoms with van der Waals surface area (Å²) < 4.78 is 0. The molecule has 0 saturated carbocycles. The van der Waals surface area contributed by atoms with Crippen LogP contribution in [0.15, 0.2) is 18.5 Å². The van der Waals surface area contributed by atoms with Crippen LogP contribution in [0, 0.1) is 6.92 Å². The molecule has 0 bridgehead atoms. The van der Waals surface area contributed by atoms with Crippen LogP contribution >= 0.6 is 0 Å². The number of hydrogen-bond donors (Lipinski definition) is 1. The molecule has 5 nitrogen and oxygen atoms in total. The lowest BCUT2D eigenvalue weighted by molar-refractivity contribution is -0.149. The van der Waals surface area contributed by atoms with E-state index >= 15 is 0 Å². The highest BCUT2D eigenvalue weighted by Gasteiger charge is 2.37. The zero-order chi connectivity index (χ0) is 14.0. The van der Waals surface area contributed by atoms with E-state index in [9.17, 15) is 9.59 Å². The van der Waals surface area contributed by atoms with Crippen molar-refractivity contribution in [1.29, 1.82) is 0 Å². The van der Waals surface area contributed by atoms with Crippen molar-refractivity contribution >= 4 is 11.8 Å². The molecule has 0 aromatic carbocycles. The van der Waals surface area contributed by atoms with Crippen molar-refractivity contribution < 1.29 is 9.59 Å². The summed E-state index contributed by atoms with van der Waals surface area (Å²) in [7, 11) is 0. The van der Waals surface area contributed by atoms with Crippen LogP contribution in [0.3, 0.4) is 0 Å². The van der Waals surface area contributed by atoms with E-state index < -0.39 is 12.1 Å².